The molecule has 0 bridgehead atoms. The van der Waals surface area contributed by atoms with Gasteiger partial charge in [-0.3, -0.25) is 9.59 Å². The van der Waals surface area contributed by atoms with Crippen LogP contribution in [0.25, 0.3) is 0 Å². The molecule has 1 unspecified atom stereocenters. The Kier molecular flexibility index (Phi) is 8.23. The van der Waals surface area contributed by atoms with E-state index in [0.717, 1.165) is 12.0 Å². The molecule has 1 amide bonds. The standard InChI is InChI=1S/C15H20ClNO3S/c1-11(8-15(19)20-2)21-10-14(18)17-7-6-12-4-3-5-13(16)9-12/h3-5,9,11H,6-8,10H2,1-2H3,(H,17,18). The molecule has 1 atom stereocenters. The first-order valence-corrected chi connectivity index (χ1v) is 8.13. The molecular weight excluding hydrogens is 310 g/mol. The van der Waals surface area contributed by atoms with Gasteiger partial charge in [-0.15, -0.1) is 11.8 Å². The molecule has 0 heterocycles. The summed E-state index contributed by atoms with van der Waals surface area (Å²) >= 11 is 7.34. The van der Waals surface area contributed by atoms with Gasteiger partial charge in [0.1, 0.15) is 0 Å². The largest absolute Gasteiger partial charge is 0.469 e. The number of amides is 1. The van der Waals surface area contributed by atoms with Crippen molar-refractivity contribution in [1.82, 2.24) is 5.32 Å². The Morgan fingerprint density at radius 1 is 1.43 bits per heavy atom. The molecule has 1 N–H and O–H groups in total. The molecule has 0 saturated carbocycles. The van der Waals surface area contributed by atoms with Crippen molar-refractivity contribution in [3.63, 3.8) is 0 Å². The molecule has 116 valence electrons. The Morgan fingerprint density at radius 3 is 2.86 bits per heavy atom. The van der Waals surface area contributed by atoms with Crippen LogP contribution in [-0.4, -0.2) is 36.5 Å². The van der Waals surface area contributed by atoms with Crippen molar-refractivity contribution in [3.05, 3.63) is 34.9 Å². The first kappa shape index (κ1) is 17.9. The number of rotatable bonds is 8. The second-order valence-corrected chi connectivity index (χ2v) is 6.49. The van der Waals surface area contributed by atoms with Crippen molar-refractivity contribution < 1.29 is 14.3 Å². The van der Waals surface area contributed by atoms with Crippen molar-refractivity contribution in [2.45, 2.75) is 25.0 Å². The number of carbonyl (C=O) groups excluding carboxylic acids is 2. The van der Waals surface area contributed by atoms with Crippen LogP contribution in [0.15, 0.2) is 24.3 Å². The van der Waals surface area contributed by atoms with Crippen LogP contribution in [-0.2, 0) is 20.7 Å². The second kappa shape index (κ2) is 9.68. The summed E-state index contributed by atoms with van der Waals surface area (Å²) < 4.78 is 4.59. The third kappa shape index (κ3) is 7.97. The maximum absolute atomic E-state index is 11.7. The van der Waals surface area contributed by atoms with Crippen molar-refractivity contribution in [2.24, 2.45) is 0 Å². The summed E-state index contributed by atoms with van der Waals surface area (Å²) in [7, 11) is 1.36. The molecule has 4 nitrogen and oxygen atoms in total. The van der Waals surface area contributed by atoms with Gasteiger partial charge >= 0.3 is 5.97 Å². The summed E-state index contributed by atoms with van der Waals surface area (Å²) in [4.78, 5) is 22.8. The van der Waals surface area contributed by atoms with Crippen LogP contribution in [0.5, 0.6) is 0 Å². The summed E-state index contributed by atoms with van der Waals surface area (Å²) in [6.45, 7) is 2.48. The molecule has 1 aromatic rings. The molecule has 0 spiro atoms. The lowest BCUT2D eigenvalue weighted by Gasteiger charge is -2.10. The van der Waals surface area contributed by atoms with Crippen LogP contribution < -0.4 is 5.32 Å². The number of benzene rings is 1. The summed E-state index contributed by atoms with van der Waals surface area (Å²) in [6, 6.07) is 7.58. The molecule has 1 rings (SSSR count). The van der Waals surface area contributed by atoms with E-state index in [0.29, 0.717) is 23.7 Å². The van der Waals surface area contributed by atoms with Crippen LogP contribution in [0.4, 0.5) is 0 Å². The Bertz CT molecular complexity index is 482. The number of nitrogens with one attached hydrogen (secondary N) is 1. The van der Waals surface area contributed by atoms with E-state index in [1.165, 1.54) is 18.9 Å². The zero-order valence-corrected chi connectivity index (χ0v) is 13.8. The average molecular weight is 330 g/mol. The number of esters is 1. The zero-order chi connectivity index (χ0) is 15.7. The Hall–Kier alpha value is -1.20. The average Bonchev–Trinajstić information content (AvgIpc) is 2.45. The lowest BCUT2D eigenvalue weighted by Crippen LogP contribution is -2.28. The highest BCUT2D eigenvalue weighted by atomic mass is 35.5. The topological polar surface area (TPSA) is 55.4 Å². The SMILES string of the molecule is COC(=O)CC(C)SCC(=O)NCCc1cccc(Cl)c1. The summed E-state index contributed by atoms with van der Waals surface area (Å²) in [5, 5.41) is 3.62. The van der Waals surface area contributed by atoms with E-state index < -0.39 is 0 Å². The fourth-order valence-electron chi connectivity index (χ4n) is 1.68. The molecule has 21 heavy (non-hydrogen) atoms. The molecule has 0 aliphatic heterocycles. The molecule has 0 fully saturated rings. The van der Waals surface area contributed by atoms with Gasteiger partial charge in [-0.2, -0.15) is 0 Å². The van der Waals surface area contributed by atoms with Crippen molar-refractivity contribution in [2.75, 3.05) is 19.4 Å². The Balaban J connectivity index is 2.18. The van der Waals surface area contributed by atoms with E-state index >= 15 is 0 Å². The van der Waals surface area contributed by atoms with Crippen LogP contribution in [0, 0.1) is 0 Å². The van der Waals surface area contributed by atoms with Crippen LogP contribution in [0.1, 0.15) is 18.9 Å². The molecule has 6 heteroatoms. The lowest BCUT2D eigenvalue weighted by molar-refractivity contribution is -0.140. The number of hydrogen-bond donors (Lipinski definition) is 1. The van der Waals surface area contributed by atoms with E-state index in [9.17, 15) is 9.59 Å². The Morgan fingerprint density at radius 2 is 2.19 bits per heavy atom. The second-order valence-electron chi connectivity index (χ2n) is 4.63. The maximum Gasteiger partial charge on any atom is 0.306 e. The lowest BCUT2D eigenvalue weighted by atomic mass is 10.1. The summed E-state index contributed by atoms with van der Waals surface area (Å²) in [5.74, 6) is 0.0587. The quantitative estimate of drug-likeness (QED) is 0.745. The van der Waals surface area contributed by atoms with Gasteiger partial charge in [-0.05, 0) is 24.1 Å². The number of methoxy groups -OCH3 is 1. The summed E-state index contributed by atoms with van der Waals surface area (Å²) in [5.41, 5.74) is 1.09. The minimum Gasteiger partial charge on any atom is -0.469 e. The highest BCUT2D eigenvalue weighted by Crippen LogP contribution is 2.14. The van der Waals surface area contributed by atoms with Crippen LogP contribution >= 0.6 is 23.4 Å². The van der Waals surface area contributed by atoms with Gasteiger partial charge in [0.25, 0.3) is 0 Å². The normalized spacial score (nSPS) is 11.8. The highest BCUT2D eigenvalue weighted by molar-refractivity contribution is 8.00. The molecule has 0 aliphatic carbocycles. The first-order valence-electron chi connectivity index (χ1n) is 6.71. The fourth-order valence-corrected chi connectivity index (χ4v) is 2.69. The number of hydrogen-bond acceptors (Lipinski definition) is 4. The van der Waals surface area contributed by atoms with E-state index in [1.54, 1.807) is 0 Å². The maximum atomic E-state index is 11.7. The van der Waals surface area contributed by atoms with Gasteiger partial charge in [0.2, 0.25) is 5.91 Å². The minimum absolute atomic E-state index is 0.0289. The van der Waals surface area contributed by atoms with Gasteiger partial charge in [0, 0.05) is 16.8 Å². The van der Waals surface area contributed by atoms with Gasteiger partial charge in [-0.1, -0.05) is 30.7 Å². The Labute approximate surface area is 134 Å². The minimum atomic E-state index is -0.253. The smallest absolute Gasteiger partial charge is 0.306 e. The summed E-state index contributed by atoms with van der Waals surface area (Å²) in [6.07, 6.45) is 1.06. The first-order chi connectivity index (χ1) is 10.0. The molecule has 0 radical (unpaired) electrons. The van der Waals surface area contributed by atoms with Crippen molar-refractivity contribution in [1.29, 1.82) is 0 Å². The van der Waals surface area contributed by atoms with Crippen LogP contribution in [0.2, 0.25) is 5.02 Å². The van der Waals surface area contributed by atoms with Crippen molar-refractivity contribution in [3.8, 4) is 0 Å². The molecule has 0 aromatic heterocycles. The van der Waals surface area contributed by atoms with E-state index in [1.807, 2.05) is 31.2 Å². The van der Waals surface area contributed by atoms with Gasteiger partial charge in [0.05, 0.1) is 19.3 Å². The zero-order valence-electron chi connectivity index (χ0n) is 12.2. The molecule has 0 saturated heterocycles. The molecular formula is C15H20ClNO3S. The number of carbonyl (C=O) groups is 2. The molecule has 1 aromatic carbocycles. The van der Waals surface area contributed by atoms with Gasteiger partial charge < -0.3 is 10.1 Å². The molecule has 0 aliphatic rings. The highest BCUT2D eigenvalue weighted by Gasteiger charge is 2.11. The predicted octanol–water partition coefficient (Wildman–Crippen LogP) is 2.68. The predicted molar refractivity (Wildman–Crippen MR) is 86.7 cm³/mol. The van der Waals surface area contributed by atoms with Gasteiger partial charge in [-0.25, -0.2) is 0 Å². The van der Waals surface area contributed by atoms with Crippen LogP contribution in [0.3, 0.4) is 0 Å². The monoisotopic (exact) mass is 329 g/mol. The fraction of sp³-hybridized carbons (Fsp3) is 0.467. The number of ether oxygens (including phenoxy) is 1. The third-order valence-corrected chi connectivity index (χ3v) is 4.21. The third-order valence-electron chi connectivity index (χ3n) is 2.81. The number of thioether (sulfide) groups is 1. The van der Waals surface area contributed by atoms with Crippen molar-refractivity contribution >= 4 is 35.2 Å². The number of halogens is 1. The van der Waals surface area contributed by atoms with E-state index in [4.69, 9.17) is 11.6 Å². The van der Waals surface area contributed by atoms with E-state index in [2.05, 4.69) is 10.1 Å². The van der Waals surface area contributed by atoms with Gasteiger partial charge in [0.15, 0.2) is 0 Å². The van der Waals surface area contributed by atoms with E-state index in [-0.39, 0.29) is 17.1 Å².